The number of nitrogens with zero attached hydrogens (tertiary/aromatic N) is 5. The highest BCUT2D eigenvalue weighted by Gasteiger charge is 2.22. The van der Waals surface area contributed by atoms with Gasteiger partial charge in [0, 0.05) is 16.3 Å². The van der Waals surface area contributed by atoms with E-state index in [0.717, 1.165) is 27.6 Å². The maximum absolute atomic E-state index is 5.45. The van der Waals surface area contributed by atoms with Crippen LogP contribution in [0.1, 0.15) is 5.76 Å². The first-order chi connectivity index (χ1) is 12.3. The second-order valence-electron chi connectivity index (χ2n) is 5.82. The molecule has 5 aromatic rings. The molecule has 0 aliphatic rings. The second-order valence-corrected chi connectivity index (χ2v) is 5.82. The molecule has 6 nitrogen and oxygen atoms in total. The topological polar surface area (TPSA) is 69.1 Å². The highest BCUT2D eigenvalue weighted by atomic mass is 16.5. The standard InChI is InChI=1S/C19H13N5O/c1-12-16(17(23-25-12)13-7-3-2-4-8-13)19-22-21-18-15-10-6-5-9-14(15)11-20-24(18)19/h2-11H,1H3. The molecule has 6 heteroatoms. The fraction of sp³-hybridized carbons (Fsp3) is 0.0526. The van der Waals surface area contributed by atoms with E-state index >= 15 is 0 Å². The predicted molar refractivity (Wildman–Crippen MR) is 94.0 cm³/mol. The van der Waals surface area contributed by atoms with Crippen LogP contribution in [0.15, 0.2) is 65.3 Å². The molecule has 0 saturated carbocycles. The molecule has 0 spiro atoms. The molecular formula is C19H13N5O. The van der Waals surface area contributed by atoms with Crippen LogP contribution in [0, 0.1) is 6.92 Å². The van der Waals surface area contributed by atoms with Gasteiger partial charge in [-0.2, -0.15) is 9.61 Å². The molecule has 0 N–H and O–H groups in total. The van der Waals surface area contributed by atoms with Crippen molar-refractivity contribution in [2.24, 2.45) is 0 Å². The Bertz CT molecular complexity index is 1210. The number of aromatic nitrogens is 5. The quantitative estimate of drug-likeness (QED) is 0.492. The van der Waals surface area contributed by atoms with Crippen molar-refractivity contribution in [1.82, 2.24) is 25.0 Å². The minimum absolute atomic E-state index is 0.623. The molecule has 0 unspecified atom stereocenters. The minimum atomic E-state index is 0.623. The molecule has 3 heterocycles. The van der Waals surface area contributed by atoms with Crippen molar-refractivity contribution in [2.75, 3.05) is 0 Å². The SMILES string of the molecule is Cc1onc(-c2ccccc2)c1-c1nnc2c3ccccc3cnn12. The number of benzene rings is 2. The third kappa shape index (κ3) is 2.04. The van der Waals surface area contributed by atoms with Crippen LogP contribution in [-0.4, -0.2) is 25.0 Å². The molecule has 0 amide bonds. The van der Waals surface area contributed by atoms with Crippen LogP contribution in [0.5, 0.6) is 0 Å². The highest BCUT2D eigenvalue weighted by molar-refractivity contribution is 5.94. The maximum Gasteiger partial charge on any atom is 0.191 e. The molecule has 0 bridgehead atoms. The summed E-state index contributed by atoms with van der Waals surface area (Å²) in [5.74, 6) is 1.31. The Labute approximate surface area is 142 Å². The Kier molecular flexibility index (Phi) is 2.90. The summed E-state index contributed by atoms with van der Waals surface area (Å²) in [7, 11) is 0. The number of fused-ring (bicyclic) bond motifs is 3. The lowest BCUT2D eigenvalue weighted by Gasteiger charge is -2.02. The Morgan fingerprint density at radius 3 is 2.60 bits per heavy atom. The molecule has 0 fully saturated rings. The zero-order valence-corrected chi connectivity index (χ0v) is 13.4. The Balaban J connectivity index is 1.81. The second kappa shape index (κ2) is 5.24. The van der Waals surface area contributed by atoms with Crippen LogP contribution in [0.4, 0.5) is 0 Å². The van der Waals surface area contributed by atoms with E-state index < -0.39 is 0 Å². The first kappa shape index (κ1) is 13.9. The summed E-state index contributed by atoms with van der Waals surface area (Å²) in [5, 5.41) is 19.5. The lowest BCUT2D eigenvalue weighted by Crippen LogP contribution is -1.96. The van der Waals surface area contributed by atoms with E-state index in [1.165, 1.54) is 0 Å². The summed E-state index contributed by atoms with van der Waals surface area (Å²) in [6.45, 7) is 1.87. The maximum atomic E-state index is 5.45. The average molecular weight is 327 g/mol. The van der Waals surface area contributed by atoms with Crippen LogP contribution < -0.4 is 0 Å². The van der Waals surface area contributed by atoms with Gasteiger partial charge in [0.25, 0.3) is 0 Å². The summed E-state index contributed by atoms with van der Waals surface area (Å²) in [4.78, 5) is 0. The smallest absolute Gasteiger partial charge is 0.191 e. The van der Waals surface area contributed by atoms with E-state index in [1.54, 1.807) is 4.52 Å². The van der Waals surface area contributed by atoms with Crippen LogP contribution in [-0.2, 0) is 0 Å². The summed E-state index contributed by atoms with van der Waals surface area (Å²) in [6.07, 6.45) is 1.82. The number of hydrogen-bond donors (Lipinski definition) is 0. The zero-order valence-electron chi connectivity index (χ0n) is 13.4. The molecule has 0 atom stereocenters. The molecular weight excluding hydrogens is 314 g/mol. The third-order valence-electron chi connectivity index (χ3n) is 4.29. The van der Waals surface area contributed by atoms with Gasteiger partial charge in [-0.3, -0.25) is 0 Å². The van der Waals surface area contributed by atoms with Gasteiger partial charge < -0.3 is 4.52 Å². The number of aryl methyl sites for hydroxylation is 1. The first-order valence-corrected chi connectivity index (χ1v) is 7.94. The Morgan fingerprint density at radius 2 is 1.72 bits per heavy atom. The Hall–Kier alpha value is -3.54. The number of rotatable bonds is 2. The minimum Gasteiger partial charge on any atom is -0.360 e. The molecule has 0 aliphatic carbocycles. The van der Waals surface area contributed by atoms with Gasteiger partial charge in [0.05, 0.1) is 11.8 Å². The van der Waals surface area contributed by atoms with Crippen molar-refractivity contribution in [3.8, 4) is 22.6 Å². The fourth-order valence-electron chi connectivity index (χ4n) is 3.07. The third-order valence-corrected chi connectivity index (χ3v) is 4.29. The van der Waals surface area contributed by atoms with E-state index in [0.29, 0.717) is 17.2 Å². The largest absolute Gasteiger partial charge is 0.360 e. The van der Waals surface area contributed by atoms with Crippen molar-refractivity contribution >= 4 is 16.4 Å². The van der Waals surface area contributed by atoms with Crippen molar-refractivity contribution in [3.05, 3.63) is 66.6 Å². The molecule has 25 heavy (non-hydrogen) atoms. The molecule has 0 radical (unpaired) electrons. The molecule has 0 aliphatic heterocycles. The summed E-state index contributed by atoms with van der Waals surface area (Å²) in [6, 6.07) is 17.9. The van der Waals surface area contributed by atoms with Crippen molar-refractivity contribution in [3.63, 3.8) is 0 Å². The summed E-state index contributed by atoms with van der Waals surface area (Å²) < 4.78 is 7.20. The van der Waals surface area contributed by atoms with E-state index in [-0.39, 0.29) is 0 Å². The van der Waals surface area contributed by atoms with E-state index in [4.69, 9.17) is 4.52 Å². The molecule has 2 aromatic carbocycles. The van der Waals surface area contributed by atoms with Gasteiger partial charge >= 0.3 is 0 Å². The van der Waals surface area contributed by atoms with Crippen molar-refractivity contribution in [1.29, 1.82) is 0 Å². The van der Waals surface area contributed by atoms with E-state index in [2.05, 4.69) is 20.5 Å². The zero-order chi connectivity index (χ0) is 16.8. The van der Waals surface area contributed by atoms with Gasteiger partial charge in [-0.25, -0.2) is 0 Å². The lowest BCUT2D eigenvalue weighted by atomic mass is 10.1. The van der Waals surface area contributed by atoms with Gasteiger partial charge in [-0.05, 0) is 6.92 Å². The molecule has 3 aromatic heterocycles. The summed E-state index contributed by atoms with van der Waals surface area (Å²) >= 11 is 0. The van der Waals surface area contributed by atoms with Crippen LogP contribution in [0.25, 0.3) is 39.1 Å². The van der Waals surface area contributed by atoms with Gasteiger partial charge in [0.15, 0.2) is 11.5 Å². The first-order valence-electron chi connectivity index (χ1n) is 7.94. The monoisotopic (exact) mass is 327 g/mol. The average Bonchev–Trinajstić information content (AvgIpc) is 3.25. The van der Waals surface area contributed by atoms with Crippen molar-refractivity contribution in [2.45, 2.75) is 6.92 Å². The van der Waals surface area contributed by atoms with Crippen LogP contribution in [0.3, 0.4) is 0 Å². The molecule has 5 rings (SSSR count). The number of hydrogen-bond acceptors (Lipinski definition) is 5. The van der Waals surface area contributed by atoms with Crippen LogP contribution in [0.2, 0.25) is 0 Å². The highest BCUT2D eigenvalue weighted by Crippen LogP contribution is 2.33. The van der Waals surface area contributed by atoms with E-state index in [1.807, 2.05) is 67.7 Å². The Morgan fingerprint density at radius 1 is 0.920 bits per heavy atom. The van der Waals surface area contributed by atoms with E-state index in [9.17, 15) is 0 Å². The van der Waals surface area contributed by atoms with Crippen molar-refractivity contribution < 1.29 is 4.52 Å². The van der Waals surface area contributed by atoms with Gasteiger partial charge in [-0.1, -0.05) is 59.8 Å². The fourth-order valence-corrected chi connectivity index (χ4v) is 3.07. The normalized spacial score (nSPS) is 11.4. The predicted octanol–water partition coefficient (Wildman–Crippen LogP) is 3.91. The molecule has 0 saturated heterocycles. The lowest BCUT2D eigenvalue weighted by molar-refractivity contribution is 0.400. The van der Waals surface area contributed by atoms with Crippen LogP contribution >= 0.6 is 0 Å². The van der Waals surface area contributed by atoms with Gasteiger partial charge in [-0.15, -0.1) is 10.2 Å². The van der Waals surface area contributed by atoms with Gasteiger partial charge in [0.1, 0.15) is 11.5 Å². The summed E-state index contributed by atoms with van der Waals surface area (Å²) in [5.41, 5.74) is 3.23. The molecule has 120 valence electrons. The van der Waals surface area contributed by atoms with Gasteiger partial charge in [0.2, 0.25) is 0 Å².